The second-order valence-corrected chi connectivity index (χ2v) is 3.06. The van der Waals surface area contributed by atoms with Crippen molar-refractivity contribution in [2.75, 3.05) is 6.54 Å². The third-order valence-electron chi connectivity index (χ3n) is 1.74. The van der Waals surface area contributed by atoms with Crippen molar-refractivity contribution in [3.63, 3.8) is 0 Å². The van der Waals surface area contributed by atoms with Gasteiger partial charge in [-0.2, -0.15) is 0 Å². The quantitative estimate of drug-likeness (QED) is 0.428. The Labute approximate surface area is 82.1 Å². The first-order valence-corrected chi connectivity index (χ1v) is 4.35. The maximum Gasteiger partial charge on any atom is 0.326 e. The molecule has 82 valence electrons. The number of aliphatic carboxylic acids is 1. The minimum absolute atomic E-state index is 0.0897. The van der Waals surface area contributed by atoms with Crippen molar-refractivity contribution in [2.24, 2.45) is 5.73 Å². The second kappa shape index (κ2) is 6.33. The van der Waals surface area contributed by atoms with Crippen molar-refractivity contribution in [1.29, 1.82) is 0 Å². The standard InChI is InChI=1S/C8H16N2O4/c1-5(11)10-7(8(13)14)3-2-6(12)4-9/h6-7,12H,2-4,9H2,1H3,(H,10,11)(H,13,14). The predicted octanol–water partition coefficient (Wildman–Crippen LogP) is -1.32. The molecule has 0 bridgehead atoms. The van der Waals surface area contributed by atoms with Crippen LogP contribution in [-0.2, 0) is 9.59 Å². The molecule has 6 heteroatoms. The highest BCUT2D eigenvalue weighted by Gasteiger charge is 2.18. The Hall–Kier alpha value is -1.14. The smallest absolute Gasteiger partial charge is 0.326 e. The molecule has 5 N–H and O–H groups in total. The molecule has 0 rings (SSSR count). The van der Waals surface area contributed by atoms with E-state index in [4.69, 9.17) is 15.9 Å². The maximum atomic E-state index is 10.6. The van der Waals surface area contributed by atoms with Crippen LogP contribution in [0.4, 0.5) is 0 Å². The number of amides is 1. The summed E-state index contributed by atoms with van der Waals surface area (Å²) in [4.78, 5) is 21.2. The molecular formula is C8H16N2O4. The zero-order chi connectivity index (χ0) is 11.1. The summed E-state index contributed by atoms with van der Waals surface area (Å²) in [6.07, 6.45) is -0.285. The van der Waals surface area contributed by atoms with Crippen LogP contribution in [0.1, 0.15) is 19.8 Å². The van der Waals surface area contributed by atoms with Crippen LogP contribution in [0.25, 0.3) is 0 Å². The first-order chi connectivity index (χ1) is 6.47. The van der Waals surface area contributed by atoms with E-state index in [-0.39, 0.29) is 19.4 Å². The van der Waals surface area contributed by atoms with Crippen LogP contribution in [0.15, 0.2) is 0 Å². The molecule has 6 nitrogen and oxygen atoms in total. The molecular weight excluding hydrogens is 188 g/mol. The number of carboxylic acids is 1. The number of aliphatic hydroxyl groups is 1. The highest BCUT2D eigenvalue weighted by atomic mass is 16.4. The first kappa shape index (κ1) is 12.9. The van der Waals surface area contributed by atoms with Crippen LogP contribution in [0.3, 0.4) is 0 Å². The molecule has 0 fully saturated rings. The van der Waals surface area contributed by atoms with E-state index in [0.717, 1.165) is 0 Å². The van der Waals surface area contributed by atoms with Gasteiger partial charge in [-0.25, -0.2) is 4.79 Å². The summed E-state index contributed by atoms with van der Waals surface area (Å²) in [5.41, 5.74) is 5.15. The zero-order valence-corrected chi connectivity index (χ0v) is 8.06. The van der Waals surface area contributed by atoms with Gasteiger partial charge in [0.2, 0.25) is 5.91 Å². The highest BCUT2D eigenvalue weighted by molar-refractivity contribution is 5.81. The normalized spacial score (nSPS) is 14.5. The number of carbonyl (C=O) groups excluding carboxylic acids is 1. The van der Waals surface area contributed by atoms with E-state index < -0.39 is 24.0 Å². The van der Waals surface area contributed by atoms with Crippen LogP contribution >= 0.6 is 0 Å². The van der Waals surface area contributed by atoms with Crippen LogP contribution in [-0.4, -0.2) is 40.8 Å². The lowest BCUT2D eigenvalue weighted by Gasteiger charge is -2.14. The van der Waals surface area contributed by atoms with Crippen molar-refractivity contribution < 1.29 is 19.8 Å². The average molecular weight is 204 g/mol. The van der Waals surface area contributed by atoms with Gasteiger partial charge in [0, 0.05) is 13.5 Å². The Balaban J connectivity index is 3.97. The number of rotatable bonds is 6. The van der Waals surface area contributed by atoms with Crippen molar-refractivity contribution in [3.05, 3.63) is 0 Å². The third kappa shape index (κ3) is 5.50. The van der Waals surface area contributed by atoms with Crippen molar-refractivity contribution >= 4 is 11.9 Å². The third-order valence-corrected chi connectivity index (χ3v) is 1.74. The van der Waals surface area contributed by atoms with Gasteiger partial charge in [-0.05, 0) is 12.8 Å². The molecule has 14 heavy (non-hydrogen) atoms. The van der Waals surface area contributed by atoms with E-state index in [2.05, 4.69) is 5.32 Å². The Morgan fingerprint density at radius 1 is 1.43 bits per heavy atom. The SMILES string of the molecule is CC(=O)NC(CCC(O)CN)C(=O)O. The van der Waals surface area contributed by atoms with E-state index in [1.165, 1.54) is 6.92 Å². The zero-order valence-electron chi connectivity index (χ0n) is 8.06. The Bertz CT molecular complexity index is 208. The van der Waals surface area contributed by atoms with E-state index in [9.17, 15) is 9.59 Å². The number of nitrogens with one attached hydrogen (secondary N) is 1. The fraction of sp³-hybridized carbons (Fsp3) is 0.750. The molecule has 0 saturated carbocycles. The van der Waals surface area contributed by atoms with E-state index in [1.54, 1.807) is 0 Å². The van der Waals surface area contributed by atoms with E-state index >= 15 is 0 Å². The summed E-state index contributed by atoms with van der Waals surface area (Å²) >= 11 is 0. The minimum atomic E-state index is -1.11. The summed E-state index contributed by atoms with van der Waals surface area (Å²) in [7, 11) is 0. The molecule has 0 aliphatic carbocycles. The molecule has 0 radical (unpaired) electrons. The van der Waals surface area contributed by atoms with Gasteiger partial charge in [-0.3, -0.25) is 4.79 Å². The van der Waals surface area contributed by atoms with Gasteiger partial charge in [0.15, 0.2) is 0 Å². The summed E-state index contributed by atoms with van der Waals surface area (Å²) in [5, 5.41) is 20.0. The van der Waals surface area contributed by atoms with Crippen LogP contribution in [0.2, 0.25) is 0 Å². The largest absolute Gasteiger partial charge is 0.480 e. The van der Waals surface area contributed by atoms with Crippen LogP contribution < -0.4 is 11.1 Å². The molecule has 0 heterocycles. The number of carboxylic acid groups (broad SMARTS) is 1. The number of hydrogen-bond donors (Lipinski definition) is 4. The van der Waals surface area contributed by atoms with Gasteiger partial charge in [0.05, 0.1) is 6.10 Å². The molecule has 0 aromatic rings. The molecule has 0 spiro atoms. The molecule has 2 atom stereocenters. The monoisotopic (exact) mass is 204 g/mol. The molecule has 0 aliphatic heterocycles. The van der Waals surface area contributed by atoms with E-state index in [0.29, 0.717) is 0 Å². The van der Waals surface area contributed by atoms with Crippen molar-refractivity contribution in [3.8, 4) is 0 Å². The lowest BCUT2D eigenvalue weighted by molar-refractivity contribution is -0.141. The fourth-order valence-electron chi connectivity index (χ4n) is 0.980. The molecule has 1 amide bonds. The Kier molecular flexibility index (Phi) is 5.82. The van der Waals surface area contributed by atoms with Gasteiger partial charge in [0.1, 0.15) is 6.04 Å². The van der Waals surface area contributed by atoms with Gasteiger partial charge in [0.25, 0.3) is 0 Å². The summed E-state index contributed by atoms with van der Waals surface area (Å²) in [6, 6.07) is -0.950. The van der Waals surface area contributed by atoms with Crippen LogP contribution in [0, 0.1) is 0 Å². The maximum absolute atomic E-state index is 10.6. The minimum Gasteiger partial charge on any atom is -0.480 e. The number of aliphatic hydroxyl groups excluding tert-OH is 1. The van der Waals surface area contributed by atoms with Gasteiger partial charge < -0.3 is 21.3 Å². The summed E-state index contributed by atoms with van der Waals surface area (Å²) in [6.45, 7) is 1.34. The molecule has 0 saturated heterocycles. The topological polar surface area (TPSA) is 113 Å². The Morgan fingerprint density at radius 2 is 2.00 bits per heavy atom. The lowest BCUT2D eigenvalue weighted by atomic mass is 10.1. The highest BCUT2D eigenvalue weighted by Crippen LogP contribution is 2.01. The molecule has 0 aromatic heterocycles. The summed E-state index contributed by atoms with van der Waals surface area (Å²) in [5.74, 6) is -1.51. The first-order valence-electron chi connectivity index (χ1n) is 4.35. The molecule has 0 aromatic carbocycles. The summed E-state index contributed by atoms with van der Waals surface area (Å²) < 4.78 is 0. The van der Waals surface area contributed by atoms with Gasteiger partial charge >= 0.3 is 5.97 Å². The van der Waals surface area contributed by atoms with Crippen molar-refractivity contribution in [1.82, 2.24) is 5.32 Å². The number of hydrogen-bond acceptors (Lipinski definition) is 4. The second-order valence-electron chi connectivity index (χ2n) is 3.06. The van der Waals surface area contributed by atoms with Crippen LogP contribution in [0.5, 0.6) is 0 Å². The predicted molar refractivity (Wildman–Crippen MR) is 49.5 cm³/mol. The van der Waals surface area contributed by atoms with Crippen molar-refractivity contribution in [2.45, 2.75) is 31.9 Å². The average Bonchev–Trinajstić information content (AvgIpc) is 2.10. The Morgan fingerprint density at radius 3 is 2.36 bits per heavy atom. The molecule has 0 aliphatic rings. The van der Waals surface area contributed by atoms with Gasteiger partial charge in [-0.15, -0.1) is 0 Å². The molecule has 2 unspecified atom stereocenters. The fourth-order valence-corrected chi connectivity index (χ4v) is 0.980. The van der Waals surface area contributed by atoms with Gasteiger partial charge in [-0.1, -0.05) is 0 Å². The van der Waals surface area contributed by atoms with E-state index in [1.807, 2.05) is 0 Å². The lowest BCUT2D eigenvalue weighted by Crippen LogP contribution is -2.40. The number of nitrogens with two attached hydrogens (primary N) is 1. The number of carbonyl (C=O) groups is 2.